The van der Waals surface area contributed by atoms with Crippen LogP contribution in [0.25, 0.3) is 0 Å². The number of nitrogens with one attached hydrogen (secondary N) is 1. The van der Waals surface area contributed by atoms with E-state index in [0.29, 0.717) is 31.3 Å². The molecule has 7 heteroatoms. The normalized spacial score (nSPS) is 36.5. The zero-order valence-corrected chi connectivity index (χ0v) is 13.3. The molecule has 0 aromatic heterocycles. The minimum absolute atomic E-state index is 0.250. The van der Waals surface area contributed by atoms with E-state index in [4.69, 9.17) is 16.3 Å². The molecular formula is C15H22ClNO5. The van der Waals surface area contributed by atoms with Gasteiger partial charge in [0.1, 0.15) is 5.60 Å². The van der Waals surface area contributed by atoms with Gasteiger partial charge in [-0.05, 0) is 38.2 Å². The highest BCUT2D eigenvalue weighted by atomic mass is 35.5. The van der Waals surface area contributed by atoms with E-state index in [2.05, 4.69) is 5.32 Å². The molecule has 1 aliphatic heterocycles. The summed E-state index contributed by atoms with van der Waals surface area (Å²) in [4.78, 5) is 23.1. The van der Waals surface area contributed by atoms with Gasteiger partial charge in [0.2, 0.25) is 5.91 Å². The number of amides is 1. The Morgan fingerprint density at radius 3 is 2.95 bits per heavy atom. The van der Waals surface area contributed by atoms with Crippen LogP contribution in [0, 0.1) is 5.92 Å². The van der Waals surface area contributed by atoms with Gasteiger partial charge in [0.15, 0.2) is 0 Å². The number of aliphatic hydroxyl groups is 2. The maximum Gasteiger partial charge on any atom is 0.293 e. The van der Waals surface area contributed by atoms with Crippen LogP contribution >= 0.6 is 11.6 Å². The summed E-state index contributed by atoms with van der Waals surface area (Å²) in [7, 11) is 0. The first-order chi connectivity index (χ1) is 10.4. The van der Waals surface area contributed by atoms with Crippen LogP contribution in [0.2, 0.25) is 0 Å². The Hall–Kier alpha value is -1.11. The van der Waals surface area contributed by atoms with Gasteiger partial charge in [-0.15, -0.1) is 11.6 Å². The molecule has 0 aromatic rings. The molecule has 2 unspecified atom stereocenters. The third kappa shape index (κ3) is 3.14. The van der Waals surface area contributed by atoms with Crippen molar-refractivity contribution < 1.29 is 24.5 Å². The summed E-state index contributed by atoms with van der Waals surface area (Å²) in [6.07, 6.45) is 2.43. The molecule has 6 nitrogen and oxygen atoms in total. The lowest BCUT2D eigenvalue weighted by Crippen LogP contribution is -2.53. The number of hydrogen-bond donors (Lipinski definition) is 3. The van der Waals surface area contributed by atoms with Crippen LogP contribution in [0.4, 0.5) is 0 Å². The van der Waals surface area contributed by atoms with Crippen LogP contribution in [0.1, 0.15) is 32.6 Å². The van der Waals surface area contributed by atoms with E-state index in [1.807, 2.05) is 0 Å². The molecule has 0 aromatic carbocycles. The van der Waals surface area contributed by atoms with Crippen LogP contribution in [-0.4, -0.2) is 52.3 Å². The van der Waals surface area contributed by atoms with Gasteiger partial charge in [-0.25, -0.2) is 0 Å². The predicted octanol–water partition coefficient (Wildman–Crippen LogP) is 0.494. The highest BCUT2D eigenvalue weighted by Gasteiger charge is 2.56. The fraction of sp³-hybridized carbons (Fsp3) is 0.733. The molecule has 0 spiro atoms. The van der Waals surface area contributed by atoms with E-state index >= 15 is 0 Å². The van der Waals surface area contributed by atoms with Crippen LogP contribution < -0.4 is 5.32 Å². The average molecular weight is 332 g/mol. The van der Waals surface area contributed by atoms with Crippen molar-refractivity contribution in [2.45, 2.75) is 56.5 Å². The van der Waals surface area contributed by atoms with Gasteiger partial charge in [-0.3, -0.25) is 9.59 Å². The maximum absolute atomic E-state index is 12.2. The first-order valence-electron chi connectivity index (χ1n) is 7.48. The maximum atomic E-state index is 12.2. The molecule has 1 heterocycles. The van der Waals surface area contributed by atoms with Gasteiger partial charge in [0, 0.05) is 5.88 Å². The Bertz CT molecular complexity index is 469. The van der Waals surface area contributed by atoms with Crippen molar-refractivity contribution >= 4 is 24.0 Å². The van der Waals surface area contributed by atoms with Crippen molar-refractivity contribution in [3.05, 3.63) is 11.6 Å². The second-order valence-electron chi connectivity index (χ2n) is 6.06. The van der Waals surface area contributed by atoms with E-state index in [1.54, 1.807) is 13.0 Å². The molecule has 0 bridgehead atoms. The van der Waals surface area contributed by atoms with Gasteiger partial charge >= 0.3 is 0 Å². The molecule has 2 aliphatic rings. The predicted molar refractivity (Wildman–Crippen MR) is 80.3 cm³/mol. The second kappa shape index (κ2) is 6.98. The smallest absolute Gasteiger partial charge is 0.293 e. The molecule has 124 valence electrons. The Labute approximate surface area is 134 Å². The van der Waals surface area contributed by atoms with Crippen molar-refractivity contribution in [1.29, 1.82) is 0 Å². The monoisotopic (exact) mass is 331 g/mol. The minimum atomic E-state index is -1.17. The second-order valence-corrected chi connectivity index (χ2v) is 6.44. The van der Waals surface area contributed by atoms with E-state index in [9.17, 15) is 19.8 Å². The summed E-state index contributed by atoms with van der Waals surface area (Å²) in [5, 5.41) is 23.1. The summed E-state index contributed by atoms with van der Waals surface area (Å²) in [6.45, 7) is 1.93. The lowest BCUT2D eigenvalue weighted by molar-refractivity contribution is -0.151. The van der Waals surface area contributed by atoms with Crippen molar-refractivity contribution in [2.24, 2.45) is 5.92 Å². The van der Waals surface area contributed by atoms with E-state index < -0.39 is 29.8 Å². The zero-order valence-electron chi connectivity index (χ0n) is 12.5. The highest BCUT2D eigenvalue weighted by Crippen LogP contribution is 2.38. The summed E-state index contributed by atoms with van der Waals surface area (Å²) < 4.78 is 5.21. The van der Waals surface area contributed by atoms with Crippen molar-refractivity contribution in [1.82, 2.24) is 5.32 Å². The number of halogens is 1. The Balaban J connectivity index is 2.27. The van der Waals surface area contributed by atoms with Crippen LogP contribution in [0.5, 0.6) is 0 Å². The molecule has 0 saturated carbocycles. The molecule has 1 fully saturated rings. The summed E-state index contributed by atoms with van der Waals surface area (Å²) in [6, 6.07) is -0.755. The molecule has 5 atom stereocenters. The molecule has 0 radical (unpaired) electrons. The molecule has 3 N–H and O–H groups in total. The summed E-state index contributed by atoms with van der Waals surface area (Å²) in [5.74, 6) is -0.643. The standard InChI is InChI=1S/C15H22ClNO5/c1-15(22-8-18)11(5-6-16)14(21)17-13(15)12(20)9-3-2-4-10(19)7-9/h7-8,10-13,19-20H,2-6H2,1H3,(H,17,21)/t10?,11-,12?,13+,15-/m0/s1. The molecule has 1 saturated heterocycles. The largest absolute Gasteiger partial charge is 0.458 e. The minimum Gasteiger partial charge on any atom is -0.458 e. The highest BCUT2D eigenvalue weighted by molar-refractivity contribution is 6.18. The van der Waals surface area contributed by atoms with E-state index in [-0.39, 0.29) is 11.8 Å². The number of aliphatic hydroxyl groups excluding tert-OH is 2. The SMILES string of the molecule is C[C@@]1(OC=O)[C@@H](C(O)C2=CC(O)CCC2)NC(=O)[C@@H]1CCCl. The fourth-order valence-corrected chi connectivity index (χ4v) is 3.66. The number of alkyl halides is 1. The lowest BCUT2D eigenvalue weighted by atomic mass is 9.79. The first kappa shape index (κ1) is 17.2. The van der Waals surface area contributed by atoms with E-state index in [0.717, 1.165) is 6.42 Å². The fourth-order valence-electron chi connectivity index (χ4n) is 3.44. The number of ether oxygens (including phenoxy) is 1. The lowest BCUT2D eigenvalue weighted by Gasteiger charge is -2.36. The molecule has 22 heavy (non-hydrogen) atoms. The van der Waals surface area contributed by atoms with Crippen molar-refractivity contribution in [3.8, 4) is 0 Å². The molecular weight excluding hydrogens is 310 g/mol. The van der Waals surface area contributed by atoms with Crippen molar-refractivity contribution in [2.75, 3.05) is 5.88 Å². The molecule has 2 rings (SSSR count). The number of rotatable bonds is 6. The number of hydrogen-bond acceptors (Lipinski definition) is 5. The Morgan fingerprint density at radius 1 is 1.64 bits per heavy atom. The molecule has 1 amide bonds. The average Bonchev–Trinajstić information content (AvgIpc) is 2.72. The van der Waals surface area contributed by atoms with Gasteiger partial charge in [-0.1, -0.05) is 6.08 Å². The Morgan fingerprint density at radius 2 is 2.36 bits per heavy atom. The number of carbonyl (C=O) groups excluding carboxylic acids is 2. The Kier molecular flexibility index (Phi) is 5.47. The van der Waals surface area contributed by atoms with Gasteiger partial charge in [0.05, 0.1) is 24.2 Å². The van der Waals surface area contributed by atoms with Crippen molar-refractivity contribution in [3.63, 3.8) is 0 Å². The molecule has 1 aliphatic carbocycles. The number of carbonyl (C=O) groups is 2. The van der Waals surface area contributed by atoms with Gasteiger partial charge in [-0.2, -0.15) is 0 Å². The topological polar surface area (TPSA) is 95.9 Å². The van der Waals surface area contributed by atoms with Crippen LogP contribution in [0.3, 0.4) is 0 Å². The zero-order chi connectivity index (χ0) is 16.3. The third-order valence-electron chi connectivity index (χ3n) is 4.69. The summed E-state index contributed by atoms with van der Waals surface area (Å²) >= 11 is 5.74. The van der Waals surface area contributed by atoms with Gasteiger partial charge < -0.3 is 20.3 Å². The quantitative estimate of drug-likeness (QED) is 0.374. The summed E-state index contributed by atoms with van der Waals surface area (Å²) in [5.41, 5.74) is -0.507. The van der Waals surface area contributed by atoms with Gasteiger partial charge in [0.25, 0.3) is 6.47 Å². The van der Waals surface area contributed by atoms with E-state index in [1.165, 1.54) is 0 Å². The van der Waals surface area contributed by atoms with Crippen LogP contribution in [-0.2, 0) is 14.3 Å². The first-order valence-corrected chi connectivity index (χ1v) is 8.02. The van der Waals surface area contributed by atoms with Crippen LogP contribution in [0.15, 0.2) is 11.6 Å². The third-order valence-corrected chi connectivity index (χ3v) is 4.91.